The highest BCUT2D eigenvalue weighted by atomic mass is 16.5. The Hall–Kier alpha value is -1.43. The van der Waals surface area contributed by atoms with Gasteiger partial charge in [0.2, 0.25) is 5.89 Å². The normalized spacial score (nSPS) is 15.1. The Morgan fingerprint density at radius 2 is 2.31 bits per heavy atom. The quantitative estimate of drug-likeness (QED) is 0.677. The number of amides is 1. The van der Waals surface area contributed by atoms with Gasteiger partial charge in [-0.05, 0) is 25.8 Å². The number of aromatic nitrogens is 2. The Bertz CT molecular complexity index is 359. The Morgan fingerprint density at radius 1 is 1.50 bits per heavy atom. The van der Waals surface area contributed by atoms with Gasteiger partial charge in [0.05, 0.1) is 0 Å². The second-order valence-corrected chi connectivity index (χ2v) is 3.97. The first-order valence-electron chi connectivity index (χ1n) is 5.57. The Labute approximate surface area is 93.8 Å². The molecule has 1 heterocycles. The zero-order chi connectivity index (χ0) is 11.4. The summed E-state index contributed by atoms with van der Waals surface area (Å²) in [5, 5.41) is 9.65. The number of hydrogen-bond donors (Lipinski definition) is 2. The molecule has 0 spiro atoms. The van der Waals surface area contributed by atoms with Crippen molar-refractivity contribution >= 4 is 5.91 Å². The summed E-state index contributed by atoms with van der Waals surface area (Å²) in [5.74, 6) is 0.233. The molecule has 1 aromatic rings. The molecule has 1 saturated carbocycles. The largest absolute Gasteiger partial charge is 0.349 e. The van der Waals surface area contributed by atoms with Crippen LogP contribution in [-0.2, 0) is 0 Å². The van der Waals surface area contributed by atoms with Gasteiger partial charge in [-0.2, -0.15) is 4.98 Å². The third-order valence-electron chi connectivity index (χ3n) is 2.38. The highest BCUT2D eigenvalue weighted by Gasteiger charge is 2.19. The van der Waals surface area contributed by atoms with Gasteiger partial charge in [-0.3, -0.25) is 4.79 Å². The lowest BCUT2D eigenvalue weighted by molar-refractivity contribution is 0.0940. The van der Waals surface area contributed by atoms with E-state index in [1.54, 1.807) is 6.92 Å². The second kappa shape index (κ2) is 5.07. The number of hydrogen-bond acceptors (Lipinski definition) is 5. The summed E-state index contributed by atoms with van der Waals surface area (Å²) in [4.78, 5) is 15.3. The summed E-state index contributed by atoms with van der Waals surface area (Å²) in [7, 11) is 0. The van der Waals surface area contributed by atoms with Crippen molar-refractivity contribution in [1.82, 2.24) is 20.8 Å². The number of rotatable bonds is 6. The molecule has 0 radical (unpaired) electrons. The van der Waals surface area contributed by atoms with Crippen LogP contribution in [0.3, 0.4) is 0 Å². The molecule has 0 atom stereocenters. The van der Waals surface area contributed by atoms with Crippen molar-refractivity contribution < 1.29 is 9.32 Å². The Morgan fingerprint density at radius 3 is 2.94 bits per heavy atom. The van der Waals surface area contributed by atoms with Gasteiger partial charge in [0.1, 0.15) is 0 Å². The number of nitrogens with zero attached hydrogens (tertiary/aromatic N) is 2. The van der Waals surface area contributed by atoms with Gasteiger partial charge in [0.25, 0.3) is 11.7 Å². The molecule has 1 aliphatic rings. The smallest absolute Gasteiger partial charge is 0.292 e. The van der Waals surface area contributed by atoms with Crippen molar-refractivity contribution in [3.63, 3.8) is 0 Å². The van der Waals surface area contributed by atoms with Crippen molar-refractivity contribution in [1.29, 1.82) is 0 Å². The summed E-state index contributed by atoms with van der Waals surface area (Å²) in [6, 6.07) is 0.718. The molecule has 1 fully saturated rings. The topological polar surface area (TPSA) is 80.0 Å². The molecular formula is C10H16N4O2. The van der Waals surface area contributed by atoms with Gasteiger partial charge < -0.3 is 15.2 Å². The van der Waals surface area contributed by atoms with E-state index >= 15 is 0 Å². The monoisotopic (exact) mass is 224 g/mol. The maximum Gasteiger partial charge on any atom is 0.292 e. The molecule has 6 nitrogen and oxygen atoms in total. The van der Waals surface area contributed by atoms with Gasteiger partial charge in [0.15, 0.2) is 0 Å². The average Bonchev–Trinajstić information content (AvgIpc) is 2.99. The fourth-order valence-corrected chi connectivity index (χ4v) is 1.35. The summed E-state index contributed by atoms with van der Waals surface area (Å²) in [6.45, 7) is 3.23. The summed E-state index contributed by atoms with van der Waals surface area (Å²) >= 11 is 0. The maximum atomic E-state index is 11.5. The summed E-state index contributed by atoms with van der Waals surface area (Å²) < 4.78 is 4.72. The van der Waals surface area contributed by atoms with Gasteiger partial charge in [-0.15, -0.1) is 0 Å². The van der Waals surface area contributed by atoms with Gasteiger partial charge in [0, 0.05) is 19.5 Å². The summed E-state index contributed by atoms with van der Waals surface area (Å²) in [5.41, 5.74) is 0. The zero-order valence-electron chi connectivity index (χ0n) is 9.32. The van der Waals surface area contributed by atoms with E-state index in [0.29, 0.717) is 12.4 Å². The molecule has 0 bridgehead atoms. The average molecular weight is 224 g/mol. The van der Waals surface area contributed by atoms with E-state index in [4.69, 9.17) is 4.52 Å². The lowest BCUT2D eigenvalue weighted by Gasteiger charge is -2.03. The van der Waals surface area contributed by atoms with Crippen LogP contribution in [-0.4, -0.2) is 35.2 Å². The minimum absolute atomic E-state index is 0.104. The third kappa shape index (κ3) is 3.30. The zero-order valence-corrected chi connectivity index (χ0v) is 9.32. The molecule has 2 N–H and O–H groups in total. The molecule has 0 aliphatic heterocycles. The molecule has 88 valence electrons. The van der Waals surface area contributed by atoms with E-state index in [1.165, 1.54) is 12.8 Å². The lowest BCUT2D eigenvalue weighted by atomic mass is 10.4. The van der Waals surface area contributed by atoms with Gasteiger partial charge in [-0.25, -0.2) is 0 Å². The minimum Gasteiger partial charge on any atom is -0.349 e. The van der Waals surface area contributed by atoms with Crippen LogP contribution in [0.4, 0.5) is 0 Å². The molecule has 1 amide bonds. The van der Waals surface area contributed by atoms with Crippen molar-refractivity contribution in [2.24, 2.45) is 0 Å². The van der Waals surface area contributed by atoms with E-state index in [9.17, 15) is 4.79 Å². The number of carbonyl (C=O) groups is 1. The molecule has 16 heavy (non-hydrogen) atoms. The van der Waals surface area contributed by atoms with Crippen LogP contribution in [0.15, 0.2) is 4.52 Å². The Balaban J connectivity index is 1.59. The van der Waals surface area contributed by atoms with Crippen molar-refractivity contribution in [2.75, 3.05) is 13.1 Å². The van der Waals surface area contributed by atoms with Crippen molar-refractivity contribution in [2.45, 2.75) is 32.2 Å². The van der Waals surface area contributed by atoms with Crippen LogP contribution in [0.2, 0.25) is 0 Å². The van der Waals surface area contributed by atoms with Crippen LogP contribution in [0, 0.1) is 6.92 Å². The van der Waals surface area contributed by atoms with Crippen LogP contribution in [0.1, 0.15) is 35.8 Å². The molecular weight excluding hydrogens is 208 g/mol. The SMILES string of the molecule is Cc1nc(C(=O)NCCCNC2CC2)no1. The van der Waals surface area contributed by atoms with E-state index in [0.717, 1.165) is 19.0 Å². The predicted octanol–water partition coefficient (Wildman–Crippen LogP) is 0.250. The fraction of sp³-hybridized carbons (Fsp3) is 0.700. The van der Waals surface area contributed by atoms with E-state index in [1.807, 2.05) is 0 Å². The van der Waals surface area contributed by atoms with Crippen LogP contribution >= 0.6 is 0 Å². The number of carbonyl (C=O) groups excluding carboxylic acids is 1. The standard InChI is InChI=1S/C10H16N4O2/c1-7-13-9(14-16-7)10(15)12-6-2-5-11-8-3-4-8/h8,11H,2-6H2,1H3,(H,12,15). The van der Waals surface area contributed by atoms with Gasteiger partial charge >= 0.3 is 0 Å². The summed E-state index contributed by atoms with van der Waals surface area (Å²) in [6.07, 6.45) is 3.49. The first-order valence-corrected chi connectivity index (χ1v) is 5.57. The van der Waals surface area contributed by atoms with Crippen molar-refractivity contribution in [3.05, 3.63) is 11.7 Å². The van der Waals surface area contributed by atoms with E-state index in [2.05, 4.69) is 20.8 Å². The number of nitrogens with one attached hydrogen (secondary N) is 2. The molecule has 1 aliphatic carbocycles. The van der Waals surface area contributed by atoms with Crippen LogP contribution < -0.4 is 10.6 Å². The first kappa shape index (κ1) is 11.1. The van der Waals surface area contributed by atoms with Crippen LogP contribution in [0.25, 0.3) is 0 Å². The molecule has 1 aromatic heterocycles. The lowest BCUT2D eigenvalue weighted by Crippen LogP contribution is -2.28. The third-order valence-corrected chi connectivity index (χ3v) is 2.38. The van der Waals surface area contributed by atoms with Crippen LogP contribution in [0.5, 0.6) is 0 Å². The second-order valence-electron chi connectivity index (χ2n) is 3.97. The molecule has 2 rings (SSSR count). The maximum absolute atomic E-state index is 11.5. The predicted molar refractivity (Wildman–Crippen MR) is 57.0 cm³/mol. The van der Waals surface area contributed by atoms with E-state index in [-0.39, 0.29) is 11.7 Å². The molecule has 0 unspecified atom stereocenters. The molecule has 0 aromatic carbocycles. The molecule has 6 heteroatoms. The highest BCUT2D eigenvalue weighted by molar-refractivity contribution is 5.90. The van der Waals surface area contributed by atoms with E-state index < -0.39 is 0 Å². The number of aryl methyl sites for hydroxylation is 1. The molecule has 0 saturated heterocycles. The van der Waals surface area contributed by atoms with Crippen molar-refractivity contribution in [3.8, 4) is 0 Å². The minimum atomic E-state index is -0.275. The first-order chi connectivity index (χ1) is 7.75. The van der Waals surface area contributed by atoms with Gasteiger partial charge in [-0.1, -0.05) is 5.16 Å². The fourth-order valence-electron chi connectivity index (χ4n) is 1.35. The highest BCUT2D eigenvalue weighted by Crippen LogP contribution is 2.18. The Kier molecular flexibility index (Phi) is 3.51.